The summed E-state index contributed by atoms with van der Waals surface area (Å²) in [5.41, 5.74) is 0.921. The molecule has 0 unspecified atom stereocenters. The average molecular weight is 303 g/mol. The lowest BCUT2D eigenvalue weighted by Gasteiger charge is -2.20. The van der Waals surface area contributed by atoms with E-state index in [1.807, 2.05) is 0 Å². The van der Waals surface area contributed by atoms with Gasteiger partial charge in [-0.2, -0.15) is 0 Å². The molecule has 22 heavy (non-hydrogen) atoms. The van der Waals surface area contributed by atoms with E-state index < -0.39 is 17.5 Å². The van der Waals surface area contributed by atoms with Crippen molar-refractivity contribution in [1.82, 2.24) is 9.97 Å². The minimum atomic E-state index is -0.628. The second-order valence-corrected chi connectivity index (χ2v) is 4.95. The van der Waals surface area contributed by atoms with Crippen molar-refractivity contribution in [3.63, 3.8) is 0 Å². The molecule has 0 fully saturated rings. The van der Waals surface area contributed by atoms with Gasteiger partial charge in [0.2, 0.25) is 0 Å². The van der Waals surface area contributed by atoms with Crippen molar-refractivity contribution >= 4 is 16.7 Å². The molecule has 1 aromatic heterocycles. The van der Waals surface area contributed by atoms with Gasteiger partial charge in [0.15, 0.2) is 0 Å². The molecule has 0 spiro atoms. The third-order valence-electron chi connectivity index (χ3n) is 3.36. The van der Waals surface area contributed by atoms with E-state index in [1.165, 1.54) is 30.6 Å². The molecule has 0 saturated carbocycles. The first-order valence-corrected chi connectivity index (χ1v) is 6.60. The molecular weight excluding hydrogens is 291 g/mol. The molecule has 0 radical (unpaired) electrons. The second kappa shape index (κ2) is 5.63. The molecule has 0 aliphatic heterocycles. The maximum absolute atomic E-state index is 13.7. The van der Waals surface area contributed by atoms with E-state index in [4.69, 9.17) is 0 Å². The fraction of sp³-hybridized carbons (Fsp3) is 0.125. The minimum Gasteiger partial charge on any atom is -0.355 e. The molecule has 3 aromatic rings. The Morgan fingerprint density at radius 3 is 2.45 bits per heavy atom. The summed E-state index contributed by atoms with van der Waals surface area (Å²) in [6.45, 7) is 0.175. The van der Waals surface area contributed by atoms with Crippen LogP contribution in [-0.4, -0.2) is 17.0 Å². The Balaban J connectivity index is 1.98. The number of rotatable bonds is 3. The molecule has 1 heterocycles. The predicted molar refractivity (Wildman–Crippen MR) is 78.0 cm³/mol. The Morgan fingerprint density at radius 2 is 1.68 bits per heavy atom. The van der Waals surface area contributed by atoms with E-state index in [2.05, 4.69) is 9.97 Å². The topological polar surface area (TPSA) is 29.0 Å². The fourth-order valence-electron chi connectivity index (χ4n) is 2.30. The molecule has 0 bridgehead atoms. The Kier molecular flexibility index (Phi) is 3.66. The minimum absolute atomic E-state index is 0.175. The molecule has 0 atom stereocenters. The predicted octanol–water partition coefficient (Wildman–Crippen LogP) is 3.68. The number of fused-ring (bicyclic) bond motifs is 1. The van der Waals surface area contributed by atoms with Gasteiger partial charge in [0, 0.05) is 30.6 Å². The largest absolute Gasteiger partial charge is 0.355 e. The third-order valence-corrected chi connectivity index (χ3v) is 3.36. The molecule has 0 saturated heterocycles. The van der Waals surface area contributed by atoms with Gasteiger partial charge in [-0.1, -0.05) is 6.07 Å². The van der Waals surface area contributed by atoms with Gasteiger partial charge in [-0.05, 0) is 24.3 Å². The van der Waals surface area contributed by atoms with Gasteiger partial charge < -0.3 is 4.90 Å². The molecule has 0 aliphatic rings. The summed E-state index contributed by atoms with van der Waals surface area (Å²) in [5.74, 6) is -1.17. The van der Waals surface area contributed by atoms with Gasteiger partial charge in [-0.25, -0.2) is 23.1 Å². The fourth-order valence-corrected chi connectivity index (χ4v) is 2.30. The second-order valence-electron chi connectivity index (χ2n) is 4.95. The number of halogens is 3. The van der Waals surface area contributed by atoms with Crippen LogP contribution in [0.4, 0.5) is 19.0 Å². The van der Waals surface area contributed by atoms with Gasteiger partial charge in [0.25, 0.3) is 0 Å². The lowest BCUT2D eigenvalue weighted by molar-refractivity contribution is 0.571. The number of hydrogen-bond donors (Lipinski definition) is 0. The molecule has 3 nitrogen and oxygen atoms in total. The van der Waals surface area contributed by atoms with Crippen molar-refractivity contribution < 1.29 is 13.2 Å². The van der Waals surface area contributed by atoms with Crippen molar-refractivity contribution in [2.75, 3.05) is 11.9 Å². The van der Waals surface area contributed by atoms with Crippen LogP contribution < -0.4 is 4.90 Å². The van der Waals surface area contributed by atoms with Crippen LogP contribution in [0.1, 0.15) is 5.56 Å². The molecule has 3 rings (SSSR count). The molecule has 6 heteroatoms. The highest BCUT2D eigenvalue weighted by Gasteiger charge is 2.12. The van der Waals surface area contributed by atoms with Crippen LogP contribution >= 0.6 is 0 Å². The van der Waals surface area contributed by atoms with Crippen LogP contribution in [0.25, 0.3) is 10.9 Å². The van der Waals surface area contributed by atoms with Crippen LogP contribution in [0.5, 0.6) is 0 Å². The Hall–Kier alpha value is -2.63. The maximum Gasteiger partial charge on any atom is 0.140 e. The van der Waals surface area contributed by atoms with E-state index >= 15 is 0 Å². The highest BCUT2D eigenvalue weighted by atomic mass is 19.1. The summed E-state index contributed by atoms with van der Waals surface area (Å²) in [6.07, 6.45) is 1.37. The maximum atomic E-state index is 13.7. The first-order chi connectivity index (χ1) is 10.5. The summed E-state index contributed by atoms with van der Waals surface area (Å²) < 4.78 is 40.1. The quantitative estimate of drug-likeness (QED) is 0.739. The zero-order valence-corrected chi connectivity index (χ0v) is 11.7. The standard InChI is InChI=1S/C16H12F3N3/c1-22(8-10-2-3-12(18)7-14(10)19)16-13-6-11(17)4-5-15(13)20-9-21-16/h2-7,9H,8H2,1H3. The molecule has 0 aliphatic carbocycles. The van der Waals surface area contributed by atoms with Crippen molar-refractivity contribution in [1.29, 1.82) is 0 Å². The van der Waals surface area contributed by atoms with Crippen molar-refractivity contribution in [3.8, 4) is 0 Å². The van der Waals surface area contributed by atoms with Crippen LogP contribution in [0.15, 0.2) is 42.7 Å². The lowest BCUT2D eigenvalue weighted by atomic mass is 10.1. The van der Waals surface area contributed by atoms with Crippen LogP contribution in [0.2, 0.25) is 0 Å². The SMILES string of the molecule is CN(Cc1ccc(F)cc1F)c1ncnc2ccc(F)cc12. The van der Waals surface area contributed by atoms with E-state index in [9.17, 15) is 13.2 Å². The Bertz CT molecular complexity index is 836. The van der Waals surface area contributed by atoms with E-state index in [1.54, 1.807) is 18.0 Å². The van der Waals surface area contributed by atoms with E-state index in [-0.39, 0.29) is 6.54 Å². The summed E-state index contributed by atoms with van der Waals surface area (Å²) in [5, 5.41) is 0.535. The average Bonchev–Trinajstić information content (AvgIpc) is 2.49. The van der Waals surface area contributed by atoms with Gasteiger partial charge in [-0.3, -0.25) is 0 Å². The first-order valence-electron chi connectivity index (χ1n) is 6.60. The monoisotopic (exact) mass is 303 g/mol. The summed E-state index contributed by atoms with van der Waals surface area (Å²) in [4.78, 5) is 9.88. The Morgan fingerprint density at radius 1 is 0.955 bits per heavy atom. The molecular formula is C16H12F3N3. The van der Waals surface area contributed by atoms with Crippen LogP contribution in [0, 0.1) is 17.5 Å². The lowest BCUT2D eigenvalue weighted by Crippen LogP contribution is -2.19. The normalized spacial score (nSPS) is 10.9. The molecule has 0 amide bonds. The zero-order chi connectivity index (χ0) is 15.7. The van der Waals surface area contributed by atoms with Gasteiger partial charge in [0.1, 0.15) is 29.6 Å². The highest BCUT2D eigenvalue weighted by Crippen LogP contribution is 2.24. The van der Waals surface area contributed by atoms with Gasteiger partial charge in [0.05, 0.1) is 5.52 Å². The van der Waals surface area contributed by atoms with Crippen LogP contribution in [-0.2, 0) is 6.54 Å². The Labute approximate surface area is 125 Å². The highest BCUT2D eigenvalue weighted by molar-refractivity contribution is 5.89. The van der Waals surface area contributed by atoms with Crippen molar-refractivity contribution in [2.45, 2.75) is 6.54 Å². The van der Waals surface area contributed by atoms with Gasteiger partial charge in [-0.15, -0.1) is 0 Å². The van der Waals surface area contributed by atoms with E-state index in [0.29, 0.717) is 22.3 Å². The summed E-state index contributed by atoms with van der Waals surface area (Å²) in [6, 6.07) is 7.62. The zero-order valence-electron chi connectivity index (χ0n) is 11.7. The number of nitrogens with zero attached hydrogens (tertiary/aromatic N) is 3. The first kappa shape index (κ1) is 14.3. The van der Waals surface area contributed by atoms with Gasteiger partial charge >= 0.3 is 0 Å². The summed E-state index contributed by atoms with van der Waals surface area (Å²) in [7, 11) is 1.70. The van der Waals surface area contributed by atoms with Crippen molar-refractivity contribution in [3.05, 3.63) is 65.7 Å². The van der Waals surface area contributed by atoms with Crippen LogP contribution in [0.3, 0.4) is 0 Å². The molecule has 0 N–H and O–H groups in total. The molecule has 2 aromatic carbocycles. The number of benzene rings is 2. The third kappa shape index (κ3) is 2.72. The number of hydrogen-bond acceptors (Lipinski definition) is 3. The molecule has 112 valence electrons. The summed E-state index contributed by atoms with van der Waals surface area (Å²) >= 11 is 0. The van der Waals surface area contributed by atoms with E-state index in [0.717, 1.165) is 6.07 Å². The smallest absolute Gasteiger partial charge is 0.140 e. The number of anilines is 1. The number of aromatic nitrogens is 2. The van der Waals surface area contributed by atoms with Crippen molar-refractivity contribution in [2.24, 2.45) is 0 Å².